The van der Waals surface area contributed by atoms with Gasteiger partial charge in [0.25, 0.3) is 5.91 Å². The summed E-state index contributed by atoms with van der Waals surface area (Å²) < 4.78 is 0. The van der Waals surface area contributed by atoms with Crippen molar-refractivity contribution < 1.29 is 9.59 Å². The van der Waals surface area contributed by atoms with Crippen LogP contribution in [-0.2, 0) is 16.9 Å². The molecule has 1 fully saturated rings. The highest BCUT2D eigenvalue weighted by atomic mass is 16.2. The summed E-state index contributed by atoms with van der Waals surface area (Å²) in [5.74, 6) is -0.258. The van der Waals surface area contributed by atoms with Gasteiger partial charge in [-0.25, -0.2) is 4.79 Å². The Bertz CT molecular complexity index is 1270. The Morgan fingerprint density at radius 2 is 1.62 bits per heavy atom. The van der Waals surface area contributed by atoms with Gasteiger partial charge in [0.2, 0.25) is 0 Å². The molecule has 0 aliphatic carbocycles. The number of imide groups is 1. The highest BCUT2D eigenvalue weighted by molar-refractivity contribution is 6.09. The molecule has 2 heterocycles. The second kappa shape index (κ2) is 6.41. The topological polar surface area (TPSA) is 62.3 Å². The van der Waals surface area contributed by atoms with Gasteiger partial charge in [0.15, 0.2) is 0 Å². The number of para-hydroxylation sites is 1. The second-order valence-electron chi connectivity index (χ2n) is 7.47. The van der Waals surface area contributed by atoms with Gasteiger partial charge in [0.1, 0.15) is 5.54 Å². The highest BCUT2D eigenvalue weighted by Crippen LogP contribution is 2.34. The molecule has 5 nitrogen and oxygen atoms in total. The standard InChI is InChI=1S/C24H19N3O2/c1-24(20-13-5-8-16-7-2-3-12-19(16)20)22(28)27(23(29)26-24)15-18-10-4-9-17-11-6-14-25-21(17)18/h2-14H,15H2,1H3,(H,26,29). The predicted octanol–water partition coefficient (Wildman–Crippen LogP) is 4.36. The number of hydrogen-bond acceptors (Lipinski definition) is 3. The van der Waals surface area contributed by atoms with Crippen molar-refractivity contribution in [3.05, 3.63) is 90.1 Å². The van der Waals surface area contributed by atoms with Crippen LogP contribution in [0.2, 0.25) is 0 Å². The lowest BCUT2D eigenvalue weighted by atomic mass is 9.87. The normalized spacial score (nSPS) is 19.1. The molecule has 1 aliphatic heterocycles. The zero-order valence-electron chi connectivity index (χ0n) is 15.9. The Morgan fingerprint density at radius 3 is 2.52 bits per heavy atom. The van der Waals surface area contributed by atoms with Crippen molar-refractivity contribution >= 4 is 33.6 Å². The molecule has 1 atom stereocenters. The van der Waals surface area contributed by atoms with E-state index < -0.39 is 11.6 Å². The third kappa shape index (κ3) is 2.66. The molecule has 0 bridgehead atoms. The Morgan fingerprint density at radius 1 is 0.897 bits per heavy atom. The third-order valence-electron chi connectivity index (χ3n) is 5.65. The molecule has 4 aromatic rings. The lowest BCUT2D eigenvalue weighted by molar-refractivity contribution is -0.131. The summed E-state index contributed by atoms with van der Waals surface area (Å²) in [4.78, 5) is 32.0. The number of nitrogens with zero attached hydrogens (tertiary/aromatic N) is 2. The van der Waals surface area contributed by atoms with Crippen LogP contribution in [0.25, 0.3) is 21.7 Å². The van der Waals surface area contributed by atoms with E-state index in [1.165, 1.54) is 4.90 Å². The smallest absolute Gasteiger partial charge is 0.319 e. The zero-order valence-corrected chi connectivity index (χ0v) is 15.9. The molecule has 0 spiro atoms. The Hall–Kier alpha value is -3.73. The summed E-state index contributed by atoms with van der Waals surface area (Å²) in [6.07, 6.45) is 1.72. The molecule has 1 unspecified atom stereocenters. The third-order valence-corrected chi connectivity index (χ3v) is 5.65. The molecule has 5 rings (SSSR count). The van der Waals surface area contributed by atoms with Crippen LogP contribution in [0.4, 0.5) is 4.79 Å². The van der Waals surface area contributed by atoms with Crippen LogP contribution in [0.5, 0.6) is 0 Å². The number of fused-ring (bicyclic) bond motifs is 2. The Balaban J connectivity index is 1.56. The summed E-state index contributed by atoms with van der Waals surface area (Å²) in [6, 6.07) is 23.0. The van der Waals surface area contributed by atoms with E-state index in [4.69, 9.17) is 0 Å². The summed E-state index contributed by atoms with van der Waals surface area (Å²) in [6.45, 7) is 1.95. The van der Waals surface area contributed by atoms with E-state index in [-0.39, 0.29) is 12.5 Å². The number of nitrogens with one attached hydrogen (secondary N) is 1. The minimum Gasteiger partial charge on any atom is -0.319 e. The Labute approximate surface area is 168 Å². The maximum Gasteiger partial charge on any atom is 0.325 e. The molecule has 1 aliphatic rings. The fraction of sp³-hybridized carbons (Fsp3) is 0.125. The van der Waals surface area contributed by atoms with Gasteiger partial charge in [-0.15, -0.1) is 0 Å². The molecule has 5 heteroatoms. The van der Waals surface area contributed by atoms with Crippen LogP contribution in [0.3, 0.4) is 0 Å². The van der Waals surface area contributed by atoms with Crippen molar-refractivity contribution in [1.29, 1.82) is 0 Å². The van der Waals surface area contributed by atoms with Gasteiger partial charge in [-0.1, -0.05) is 66.7 Å². The van der Waals surface area contributed by atoms with Crippen molar-refractivity contribution in [1.82, 2.24) is 15.2 Å². The molecule has 0 saturated carbocycles. The van der Waals surface area contributed by atoms with Crippen molar-refractivity contribution in [3.8, 4) is 0 Å². The number of carbonyl (C=O) groups excluding carboxylic acids is 2. The van der Waals surface area contributed by atoms with Crippen molar-refractivity contribution in [2.45, 2.75) is 19.0 Å². The van der Waals surface area contributed by atoms with Crippen LogP contribution < -0.4 is 5.32 Å². The number of carbonyl (C=O) groups is 2. The fourth-order valence-corrected chi connectivity index (χ4v) is 4.15. The number of benzene rings is 3. The van der Waals surface area contributed by atoms with E-state index in [0.29, 0.717) is 0 Å². The highest BCUT2D eigenvalue weighted by Gasteiger charge is 2.49. The summed E-state index contributed by atoms with van der Waals surface area (Å²) in [7, 11) is 0. The molecular formula is C24H19N3O2. The van der Waals surface area contributed by atoms with E-state index in [0.717, 1.165) is 32.8 Å². The van der Waals surface area contributed by atoms with Gasteiger partial charge in [-0.3, -0.25) is 14.7 Å². The average Bonchev–Trinajstić information content (AvgIpc) is 2.97. The number of aromatic nitrogens is 1. The van der Waals surface area contributed by atoms with Crippen molar-refractivity contribution in [2.75, 3.05) is 0 Å². The van der Waals surface area contributed by atoms with Gasteiger partial charge in [0.05, 0.1) is 12.1 Å². The number of hydrogen-bond donors (Lipinski definition) is 1. The first-order valence-corrected chi connectivity index (χ1v) is 9.53. The predicted molar refractivity (Wildman–Crippen MR) is 112 cm³/mol. The largest absolute Gasteiger partial charge is 0.325 e. The lowest BCUT2D eigenvalue weighted by Gasteiger charge is -2.24. The molecular weight excluding hydrogens is 362 g/mol. The molecule has 0 radical (unpaired) electrons. The first-order valence-electron chi connectivity index (χ1n) is 9.53. The van der Waals surface area contributed by atoms with Crippen LogP contribution in [0.15, 0.2) is 79.0 Å². The van der Waals surface area contributed by atoms with Gasteiger partial charge < -0.3 is 5.32 Å². The monoisotopic (exact) mass is 381 g/mol. The molecule has 1 N–H and O–H groups in total. The first-order chi connectivity index (χ1) is 14.1. The van der Waals surface area contributed by atoms with E-state index in [9.17, 15) is 9.59 Å². The number of rotatable bonds is 3. The van der Waals surface area contributed by atoms with Crippen LogP contribution in [0, 0.1) is 0 Å². The molecule has 142 valence electrons. The van der Waals surface area contributed by atoms with Gasteiger partial charge in [-0.2, -0.15) is 0 Å². The summed E-state index contributed by atoms with van der Waals surface area (Å²) >= 11 is 0. The molecule has 1 saturated heterocycles. The average molecular weight is 381 g/mol. The molecule has 1 aromatic heterocycles. The fourth-order valence-electron chi connectivity index (χ4n) is 4.15. The van der Waals surface area contributed by atoms with Crippen molar-refractivity contribution in [3.63, 3.8) is 0 Å². The number of amides is 3. The molecule has 29 heavy (non-hydrogen) atoms. The Kier molecular flexibility index (Phi) is 3.84. The first kappa shape index (κ1) is 17.4. The van der Waals surface area contributed by atoms with Crippen molar-refractivity contribution in [2.24, 2.45) is 0 Å². The van der Waals surface area contributed by atoms with Gasteiger partial charge in [0, 0.05) is 11.6 Å². The molecule has 3 aromatic carbocycles. The minimum absolute atomic E-state index is 0.180. The summed E-state index contributed by atoms with van der Waals surface area (Å²) in [5.41, 5.74) is 1.33. The maximum atomic E-state index is 13.4. The van der Waals surface area contributed by atoms with Crippen LogP contribution in [-0.4, -0.2) is 21.8 Å². The van der Waals surface area contributed by atoms with Crippen LogP contribution >= 0.6 is 0 Å². The van der Waals surface area contributed by atoms with Crippen LogP contribution in [0.1, 0.15) is 18.1 Å². The quantitative estimate of drug-likeness (QED) is 0.537. The lowest BCUT2D eigenvalue weighted by Crippen LogP contribution is -2.41. The van der Waals surface area contributed by atoms with E-state index in [1.807, 2.05) is 72.8 Å². The SMILES string of the molecule is CC1(c2cccc3ccccc23)NC(=O)N(Cc2cccc3cccnc23)C1=O. The van der Waals surface area contributed by atoms with Gasteiger partial charge in [-0.05, 0) is 34.9 Å². The summed E-state index contributed by atoms with van der Waals surface area (Å²) in [5, 5.41) is 5.89. The zero-order chi connectivity index (χ0) is 20.0. The molecule has 3 amide bonds. The number of urea groups is 1. The maximum absolute atomic E-state index is 13.4. The second-order valence-corrected chi connectivity index (χ2v) is 7.47. The number of pyridine rings is 1. The van der Waals surface area contributed by atoms with E-state index in [2.05, 4.69) is 10.3 Å². The van der Waals surface area contributed by atoms with Gasteiger partial charge >= 0.3 is 6.03 Å². The van der Waals surface area contributed by atoms with E-state index >= 15 is 0 Å². The van der Waals surface area contributed by atoms with E-state index in [1.54, 1.807) is 13.1 Å². The minimum atomic E-state index is -1.12.